The third-order valence-electron chi connectivity index (χ3n) is 3.90. The van der Waals surface area contributed by atoms with Gasteiger partial charge >= 0.3 is 5.97 Å². The Kier molecular flexibility index (Phi) is 3.93. The largest absolute Gasteiger partial charge is 0.477 e. The maximum Gasteiger partial charge on any atom is 0.346 e. The van der Waals surface area contributed by atoms with Crippen LogP contribution in [0.4, 0.5) is 4.39 Å². The highest BCUT2D eigenvalue weighted by Crippen LogP contribution is 2.34. The van der Waals surface area contributed by atoms with Crippen molar-refractivity contribution in [2.45, 2.75) is 25.5 Å². The molecule has 2 heterocycles. The van der Waals surface area contributed by atoms with E-state index in [1.165, 1.54) is 6.07 Å². The number of carbonyl (C=O) groups is 1. The van der Waals surface area contributed by atoms with Crippen LogP contribution < -0.4 is 0 Å². The van der Waals surface area contributed by atoms with Crippen LogP contribution in [0.1, 0.15) is 28.1 Å². The Balaban J connectivity index is 1.99. The van der Waals surface area contributed by atoms with Gasteiger partial charge in [0.15, 0.2) is 0 Å². The minimum absolute atomic E-state index is 0.209. The van der Waals surface area contributed by atoms with E-state index in [0.717, 1.165) is 11.3 Å². The van der Waals surface area contributed by atoms with E-state index >= 15 is 0 Å². The molecule has 112 valence electrons. The maximum absolute atomic E-state index is 14.1. The number of aliphatic hydroxyl groups is 1. The molecule has 1 aliphatic rings. The van der Waals surface area contributed by atoms with Crippen molar-refractivity contribution in [3.8, 4) is 0 Å². The molecule has 1 saturated heterocycles. The quantitative estimate of drug-likeness (QED) is 0.915. The number of benzene rings is 1. The summed E-state index contributed by atoms with van der Waals surface area (Å²) in [5.74, 6) is -1.38. The molecule has 6 heteroatoms. The number of thiophene rings is 1. The fraction of sp³-hybridized carbons (Fsp3) is 0.400. The number of carboxylic acid groups (broad SMARTS) is 1. The summed E-state index contributed by atoms with van der Waals surface area (Å²) in [6.45, 7) is 1.81. The van der Waals surface area contributed by atoms with Gasteiger partial charge in [0.1, 0.15) is 10.7 Å². The third kappa shape index (κ3) is 2.79. The number of fused-ring (bicyclic) bond motifs is 1. The van der Waals surface area contributed by atoms with Crippen LogP contribution >= 0.6 is 11.3 Å². The Labute approximate surface area is 125 Å². The Morgan fingerprint density at radius 2 is 2.10 bits per heavy atom. The number of rotatable bonds is 3. The highest BCUT2D eigenvalue weighted by Gasteiger charge is 2.24. The van der Waals surface area contributed by atoms with Crippen molar-refractivity contribution in [3.63, 3.8) is 0 Å². The smallest absolute Gasteiger partial charge is 0.346 e. The molecule has 1 aliphatic heterocycles. The molecule has 0 saturated carbocycles. The standard InChI is InChI=1S/C15H16FNO3S/c16-11-2-1-3-12-13(11)10(14(21-12)15(19)20)8-17-6-4-9(18)5-7-17/h1-3,9,18H,4-8H2,(H,19,20). The van der Waals surface area contributed by atoms with Crippen LogP contribution in [-0.4, -0.2) is 40.3 Å². The minimum atomic E-state index is -1.01. The number of hydrogen-bond donors (Lipinski definition) is 2. The molecule has 4 nitrogen and oxygen atoms in total. The van der Waals surface area contributed by atoms with Crippen molar-refractivity contribution >= 4 is 27.4 Å². The first kappa shape index (κ1) is 14.4. The fourth-order valence-electron chi connectivity index (χ4n) is 2.79. The van der Waals surface area contributed by atoms with Gasteiger partial charge in [-0.05, 0) is 25.0 Å². The molecule has 0 spiro atoms. The zero-order valence-corrected chi connectivity index (χ0v) is 12.2. The van der Waals surface area contributed by atoms with Crippen molar-refractivity contribution in [3.05, 3.63) is 34.5 Å². The van der Waals surface area contributed by atoms with E-state index in [4.69, 9.17) is 0 Å². The summed E-state index contributed by atoms with van der Waals surface area (Å²) in [5, 5.41) is 19.3. The fourth-order valence-corrected chi connectivity index (χ4v) is 3.86. The first-order valence-corrected chi connectivity index (χ1v) is 7.71. The van der Waals surface area contributed by atoms with Gasteiger partial charge in [-0.2, -0.15) is 0 Å². The van der Waals surface area contributed by atoms with Crippen LogP contribution in [-0.2, 0) is 6.54 Å². The van der Waals surface area contributed by atoms with E-state index in [0.29, 0.717) is 48.1 Å². The molecule has 0 atom stereocenters. The summed E-state index contributed by atoms with van der Waals surface area (Å²) in [6, 6.07) is 4.71. The lowest BCUT2D eigenvalue weighted by molar-refractivity contribution is 0.0689. The van der Waals surface area contributed by atoms with Crippen molar-refractivity contribution in [1.82, 2.24) is 4.90 Å². The Hall–Kier alpha value is -1.50. The summed E-state index contributed by atoms with van der Waals surface area (Å²) in [7, 11) is 0. The number of piperidine rings is 1. The van der Waals surface area contributed by atoms with Crippen LogP contribution in [0.5, 0.6) is 0 Å². The van der Waals surface area contributed by atoms with Crippen LogP contribution in [0.2, 0.25) is 0 Å². The molecule has 1 aromatic carbocycles. The number of likely N-dealkylation sites (tertiary alicyclic amines) is 1. The van der Waals surface area contributed by atoms with E-state index in [-0.39, 0.29) is 16.8 Å². The summed E-state index contributed by atoms with van der Waals surface area (Å²) in [6.07, 6.45) is 1.07. The predicted octanol–water partition coefficient (Wildman–Crippen LogP) is 2.70. The van der Waals surface area contributed by atoms with E-state index in [1.54, 1.807) is 12.1 Å². The van der Waals surface area contributed by atoms with E-state index in [1.807, 2.05) is 0 Å². The number of nitrogens with zero attached hydrogens (tertiary/aromatic N) is 1. The van der Waals surface area contributed by atoms with Crippen molar-refractivity contribution in [2.24, 2.45) is 0 Å². The average Bonchev–Trinajstić information content (AvgIpc) is 2.82. The second-order valence-corrected chi connectivity index (χ2v) is 6.39. The predicted molar refractivity (Wildman–Crippen MR) is 79.3 cm³/mol. The average molecular weight is 309 g/mol. The molecule has 21 heavy (non-hydrogen) atoms. The molecule has 0 radical (unpaired) electrons. The molecule has 0 amide bonds. The van der Waals surface area contributed by atoms with Crippen molar-refractivity contribution < 1.29 is 19.4 Å². The molecule has 0 unspecified atom stereocenters. The molecule has 2 aromatic rings. The van der Waals surface area contributed by atoms with Gasteiger partial charge in [-0.3, -0.25) is 4.90 Å². The number of halogens is 1. The molecule has 3 rings (SSSR count). The highest BCUT2D eigenvalue weighted by atomic mass is 32.1. The van der Waals surface area contributed by atoms with Crippen LogP contribution in [0.3, 0.4) is 0 Å². The summed E-state index contributed by atoms with van der Waals surface area (Å²) >= 11 is 1.12. The zero-order valence-electron chi connectivity index (χ0n) is 11.4. The summed E-state index contributed by atoms with van der Waals surface area (Å²) in [5.41, 5.74) is 0.553. The van der Waals surface area contributed by atoms with Gasteiger partial charge in [0, 0.05) is 35.3 Å². The van der Waals surface area contributed by atoms with Gasteiger partial charge < -0.3 is 10.2 Å². The van der Waals surface area contributed by atoms with Gasteiger partial charge in [0.2, 0.25) is 0 Å². The van der Waals surface area contributed by atoms with Gasteiger partial charge in [-0.25, -0.2) is 9.18 Å². The topological polar surface area (TPSA) is 60.8 Å². The van der Waals surface area contributed by atoms with Crippen LogP contribution in [0.25, 0.3) is 10.1 Å². The Bertz CT molecular complexity index is 677. The summed E-state index contributed by atoms with van der Waals surface area (Å²) < 4.78 is 14.8. The monoisotopic (exact) mass is 309 g/mol. The lowest BCUT2D eigenvalue weighted by atomic mass is 10.1. The number of aromatic carboxylic acids is 1. The van der Waals surface area contributed by atoms with Crippen LogP contribution in [0.15, 0.2) is 18.2 Å². The molecule has 2 N–H and O–H groups in total. The van der Waals surface area contributed by atoms with Crippen molar-refractivity contribution in [1.29, 1.82) is 0 Å². The summed E-state index contributed by atoms with van der Waals surface area (Å²) in [4.78, 5) is 13.7. The third-order valence-corrected chi connectivity index (χ3v) is 5.08. The normalized spacial score (nSPS) is 17.4. The molecular weight excluding hydrogens is 293 g/mol. The lowest BCUT2D eigenvalue weighted by Gasteiger charge is -2.29. The first-order chi connectivity index (χ1) is 10.1. The van der Waals surface area contributed by atoms with Crippen molar-refractivity contribution in [2.75, 3.05) is 13.1 Å². The van der Waals surface area contributed by atoms with Gasteiger partial charge in [-0.1, -0.05) is 6.07 Å². The number of carboxylic acids is 1. The minimum Gasteiger partial charge on any atom is -0.477 e. The second kappa shape index (κ2) is 5.71. The molecular formula is C15H16FNO3S. The molecule has 0 aliphatic carbocycles. The van der Waals surface area contributed by atoms with Gasteiger partial charge in [0.05, 0.1) is 6.10 Å². The zero-order chi connectivity index (χ0) is 15.0. The first-order valence-electron chi connectivity index (χ1n) is 6.90. The molecule has 0 bridgehead atoms. The van der Waals surface area contributed by atoms with E-state index in [2.05, 4.69) is 4.90 Å². The van der Waals surface area contributed by atoms with Gasteiger partial charge in [-0.15, -0.1) is 11.3 Å². The Morgan fingerprint density at radius 3 is 2.76 bits per heavy atom. The Morgan fingerprint density at radius 1 is 1.38 bits per heavy atom. The number of aliphatic hydroxyl groups excluding tert-OH is 1. The SMILES string of the molecule is O=C(O)c1sc2cccc(F)c2c1CN1CCC(O)CC1. The molecule has 1 fully saturated rings. The highest BCUT2D eigenvalue weighted by molar-refractivity contribution is 7.21. The second-order valence-electron chi connectivity index (χ2n) is 5.34. The van der Waals surface area contributed by atoms with Gasteiger partial charge in [0.25, 0.3) is 0 Å². The number of hydrogen-bond acceptors (Lipinski definition) is 4. The van der Waals surface area contributed by atoms with E-state index < -0.39 is 5.97 Å². The molecule has 1 aromatic heterocycles. The van der Waals surface area contributed by atoms with Crippen LogP contribution in [0, 0.1) is 5.82 Å². The van der Waals surface area contributed by atoms with E-state index in [9.17, 15) is 19.4 Å². The maximum atomic E-state index is 14.1. The lowest BCUT2D eigenvalue weighted by Crippen LogP contribution is -2.35.